The van der Waals surface area contributed by atoms with Crippen LogP contribution in [0.4, 0.5) is 0 Å². The molecule has 1 aliphatic rings. The van der Waals surface area contributed by atoms with E-state index >= 15 is 0 Å². The van der Waals surface area contributed by atoms with Gasteiger partial charge in [-0.05, 0) is 24.5 Å². The largest absolute Gasteiger partial charge is 0.330 e. The molecule has 2 rings (SSSR count). The molecule has 2 heteroatoms. The Morgan fingerprint density at radius 2 is 1.86 bits per heavy atom. The summed E-state index contributed by atoms with van der Waals surface area (Å²) < 4.78 is 1.18. The van der Waals surface area contributed by atoms with E-state index in [-0.39, 0.29) is 5.41 Å². The van der Waals surface area contributed by atoms with E-state index in [0.717, 1.165) is 12.8 Å². The highest BCUT2D eigenvalue weighted by Crippen LogP contribution is 2.39. The van der Waals surface area contributed by atoms with Gasteiger partial charge in [-0.25, -0.2) is 0 Å². The fourth-order valence-corrected chi connectivity index (χ4v) is 2.79. The first kappa shape index (κ1) is 9.94. The Kier molecular flexibility index (Phi) is 2.75. The predicted octanol–water partition coefficient (Wildman–Crippen LogP) is 3.00. The number of halogens is 1. The summed E-state index contributed by atoms with van der Waals surface area (Å²) in [7, 11) is 0. The zero-order valence-electron chi connectivity index (χ0n) is 8.04. The molecule has 0 aromatic heterocycles. The Labute approximate surface area is 93.1 Å². The van der Waals surface area contributed by atoms with Crippen LogP contribution in [-0.2, 0) is 5.41 Å². The molecule has 0 fully saturated rings. The van der Waals surface area contributed by atoms with Gasteiger partial charge in [0.05, 0.1) is 0 Å². The summed E-state index contributed by atoms with van der Waals surface area (Å²) in [5.41, 5.74) is 7.39. The lowest BCUT2D eigenvalue weighted by Crippen LogP contribution is -2.32. The van der Waals surface area contributed by atoms with Crippen LogP contribution in [0, 0.1) is 0 Å². The molecule has 0 unspecified atom stereocenters. The molecule has 1 aromatic rings. The Morgan fingerprint density at radius 1 is 1.21 bits per heavy atom. The van der Waals surface area contributed by atoms with Crippen molar-refractivity contribution in [3.05, 3.63) is 46.5 Å². The van der Waals surface area contributed by atoms with Crippen molar-refractivity contribution < 1.29 is 0 Å². The number of rotatable bonds is 2. The number of hydrogen-bond donors (Lipinski definition) is 1. The highest BCUT2D eigenvalue weighted by Gasteiger charge is 2.32. The van der Waals surface area contributed by atoms with Crippen LogP contribution in [-0.4, -0.2) is 6.54 Å². The van der Waals surface area contributed by atoms with Crippen molar-refractivity contribution in [2.24, 2.45) is 5.73 Å². The SMILES string of the molecule is NCC1(c2ccccc2Br)CC=CC1. The van der Waals surface area contributed by atoms with Crippen LogP contribution in [0.5, 0.6) is 0 Å². The lowest BCUT2D eigenvalue weighted by atomic mass is 9.78. The van der Waals surface area contributed by atoms with E-state index in [1.54, 1.807) is 0 Å². The number of hydrogen-bond acceptors (Lipinski definition) is 1. The third kappa shape index (κ3) is 1.53. The second-order valence-electron chi connectivity index (χ2n) is 3.84. The molecular formula is C12H14BrN. The average Bonchev–Trinajstić information content (AvgIpc) is 2.68. The minimum absolute atomic E-state index is 0.139. The lowest BCUT2D eigenvalue weighted by molar-refractivity contribution is 0.468. The highest BCUT2D eigenvalue weighted by atomic mass is 79.9. The summed E-state index contributed by atoms with van der Waals surface area (Å²) in [6, 6.07) is 8.38. The number of benzene rings is 1. The van der Waals surface area contributed by atoms with Gasteiger partial charge in [-0.2, -0.15) is 0 Å². The molecule has 0 bridgehead atoms. The van der Waals surface area contributed by atoms with E-state index in [9.17, 15) is 0 Å². The van der Waals surface area contributed by atoms with Gasteiger partial charge in [-0.3, -0.25) is 0 Å². The standard InChI is InChI=1S/C12H14BrN/c13-11-6-2-1-5-10(11)12(9-14)7-3-4-8-12/h1-6H,7-9,14H2. The first-order valence-electron chi connectivity index (χ1n) is 4.89. The molecule has 1 aliphatic carbocycles. The molecule has 74 valence electrons. The van der Waals surface area contributed by atoms with E-state index in [2.05, 4.69) is 46.3 Å². The van der Waals surface area contributed by atoms with Gasteiger partial charge in [0.2, 0.25) is 0 Å². The van der Waals surface area contributed by atoms with E-state index in [0.29, 0.717) is 6.54 Å². The monoisotopic (exact) mass is 251 g/mol. The Morgan fingerprint density at radius 3 is 2.43 bits per heavy atom. The van der Waals surface area contributed by atoms with Gasteiger partial charge >= 0.3 is 0 Å². The summed E-state index contributed by atoms with van der Waals surface area (Å²) in [6.45, 7) is 0.711. The van der Waals surface area contributed by atoms with Gasteiger partial charge in [0.25, 0.3) is 0 Å². The molecule has 0 atom stereocenters. The molecule has 0 amide bonds. The van der Waals surface area contributed by atoms with Crippen molar-refractivity contribution in [3.63, 3.8) is 0 Å². The average molecular weight is 252 g/mol. The predicted molar refractivity (Wildman–Crippen MR) is 63.2 cm³/mol. The molecule has 0 aliphatic heterocycles. The second-order valence-corrected chi connectivity index (χ2v) is 4.70. The fourth-order valence-electron chi connectivity index (χ4n) is 2.09. The van der Waals surface area contributed by atoms with Crippen molar-refractivity contribution in [2.75, 3.05) is 6.54 Å². The first-order valence-corrected chi connectivity index (χ1v) is 5.68. The van der Waals surface area contributed by atoms with Gasteiger partial charge in [0.15, 0.2) is 0 Å². The molecule has 2 N–H and O–H groups in total. The minimum Gasteiger partial charge on any atom is -0.330 e. The summed E-state index contributed by atoms with van der Waals surface area (Å²) in [5, 5.41) is 0. The molecular weight excluding hydrogens is 238 g/mol. The molecule has 0 radical (unpaired) electrons. The lowest BCUT2D eigenvalue weighted by Gasteiger charge is -2.28. The van der Waals surface area contributed by atoms with Gasteiger partial charge in [0, 0.05) is 16.4 Å². The maximum absolute atomic E-state index is 5.91. The maximum Gasteiger partial charge on any atom is 0.0213 e. The summed E-state index contributed by atoms with van der Waals surface area (Å²) in [6.07, 6.45) is 6.58. The van der Waals surface area contributed by atoms with Crippen molar-refractivity contribution in [3.8, 4) is 0 Å². The van der Waals surface area contributed by atoms with Crippen LogP contribution >= 0.6 is 15.9 Å². The third-order valence-electron chi connectivity index (χ3n) is 3.02. The minimum atomic E-state index is 0.139. The molecule has 0 heterocycles. The fraction of sp³-hybridized carbons (Fsp3) is 0.333. The molecule has 0 saturated heterocycles. The Balaban J connectivity index is 2.42. The molecule has 1 aromatic carbocycles. The highest BCUT2D eigenvalue weighted by molar-refractivity contribution is 9.10. The topological polar surface area (TPSA) is 26.0 Å². The summed E-state index contributed by atoms with van der Waals surface area (Å²) in [4.78, 5) is 0. The van der Waals surface area contributed by atoms with Gasteiger partial charge in [-0.1, -0.05) is 46.3 Å². The van der Waals surface area contributed by atoms with Gasteiger partial charge < -0.3 is 5.73 Å². The molecule has 1 nitrogen and oxygen atoms in total. The van der Waals surface area contributed by atoms with Crippen LogP contribution in [0.2, 0.25) is 0 Å². The van der Waals surface area contributed by atoms with Crippen LogP contribution in [0.25, 0.3) is 0 Å². The van der Waals surface area contributed by atoms with Crippen molar-refractivity contribution in [1.82, 2.24) is 0 Å². The zero-order valence-corrected chi connectivity index (χ0v) is 9.63. The van der Waals surface area contributed by atoms with Gasteiger partial charge in [-0.15, -0.1) is 0 Å². The van der Waals surface area contributed by atoms with Crippen LogP contribution in [0.3, 0.4) is 0 Å². The van der Waals surface area contributed by atoms with Crippen LogP contribution < -0.4 is 5.73 Å². The first-order chi connectivity index (χ1) is 6.78. The normalized spacial score (nSPS) is 18.7. The Bertz CT molecular complexity index is 349. The summed E-state index contributed by atoms with van der Waals surface area (Å²) >= 11 is 3.60. The van der Waals surface area contributed by atoms with Crippen molar-refractivity contribution >= 4 is 15.9 Å². The third-order valence-corrected chi connectivity index (χ3v) is 3.71. The summed E-state index contributed by atoms with van der Waals surface area (Å²) in [5.74, 6) is 0. The van der Waals surface area contributed by atoms with Gasteiger partial charge in [0.1, 0.15) is 0 Å². The smallest absolute Gasteiger partial charge is 0.0213 e. The van der Waals surface area contributed by atoms with E-state index in [1.165, 1.54) is 10.0 Å². The zero-order chi connectivity index (χ0) is 10.0. The molecule has 0 spiro atoms. The molecule has 14 heavy (non-hydrogen) atoms. The molecule has 0 saturated carbocycles. The van der Waals surface area contributed by atoms with E-state index in [4.69, 9.17) is 5.73 Å². The van der Waals surface area contributed by atoms with E-state index in [1.807, 2.05) is 6.07 Å². The number of nitrogens with two attached hydrogens (primary N) is 1. The Hall–Kier alpha value is -0.600. The second kappa shape index (κ2) is 3.87. The van der Waals surface area contributed by atoms with Crippen molar-refractivity contribution in [1.29, 1.82) is 0 Å². The maximum atomic E-state index is 5.91. The quantitative estimate of drug-likeness (QED) is 0.804. The van der Waals surface area contributed by atoms with E-state index < -0.39 is 0 Å². The van der Waals surface area contributed by atoms with Crippen molar-refractivity contribution in [2.45, 2.75) is 18.3 Å². The number of allylic oxidation sites excluding steroid dienone is 2. The van der Waals surface area contributed by atoms with Crippen LogP contribution in [0.1, 0.15) is 18.4 Å². The van der Waals surface area contributed by atoms with Crippen LogP contribution in [0.15, 0.2) is 40.9 Å².